The van der Waals surface area contributed by atoms with Gasteiger partial charge in [-0.3, -0.25) is 9.59 Å². The first kappa shape index (κ1) is 15.3. The Morgan fingerprint density at radius 3 is 2.00 bits per heavy atom. The fourth-order valence-electron chi connectivity index (χ4n) is 1.87. The lowest BCUT2D eigenvalue weighted by atomic mass is 10.1. The maximum Gasteiger partial charge on any atom is 0.307 e. The number of carbonyl (C=O) groups is 2. The van der Waals surface area contributed by atoms with E-state index in [0.717, 1.165) is 10.0 Å². The highest BCUT2D eigenvalue weighted by Crippen LogP contribution is 2.13. The molecule has 21 heavy (non-hydrogen) atoms. The predicted molar refractivity (Wildman–Crippen MR) is 84.3 cm³/mol. The first-order chi connectivity index (χ1) is 10.0. The van der Waals surface area contributed by atoms with Crippen LogP contribution in [0.3, 0.4) is 0 Å². The van der Waals surface area contributed by atoms with Gasteiger partial charge in [-0.15, -0.1) is 0 Å². The van der Waals surface area contributed by atoms with Crippen LogP contribution in [0.5, 0.6) is 0 Å². The van der Waals surface area contributed by atoms with Crippen LogP contribution in [0, 0.1) is 0 Å². The number of rotatable bonds is 5. The number of amides is 1. The fourth-order valence-corrected chi connectivity index (χ4v) is 2.14. The van der Waals surface area contributed by atoms with E-state index in [9.17, 15) is 9.59 Å². The molecule has 4 nitrogen and oxygen atoms in total. The molecule has 0 saturated carbocycles. The average molecular weight is 348 g/mol. The third-order valence-corrected chi connectivity index (χ3v) is 3.40. The molecule has 0 aliphatic carbocycles. The number of halogens is 1. The zero-order valence-corrected chi connectivity index (χ0v) is 12.8. The number of hydrogen-bond donors (Lipinski definition) is 2. The van der Waals surface area contributed by atoms with E-state index in [1.165, 1.54) is 0 Å². The Hall–Kier alpha value is -2.14. The zero-order valence-electron chi connectivity index (χ0n) is 11.2. The molecule has 2 aromatic carbocycles. The molecule has 108 valence electrons. The van der Waals surface area contributed by atoms with Crippen molar-refractivity contribution in [3.05, 3.63) is 64.1 Å². The van der Waals surface area contributed by atoms with Gasteiger partial charge in [-0.1, -0.05) is 40.2 Å². The quantitative estimate of drug-likeness (QED) is 0.872. The van der Waals surface area contributed by atoms with Crippen LogP contribution in [-0.2, 0) is 22.4 Å². The van der Waals surface area contributed by atoms with Gasteiger partial charge in [0.05, 0.1) is 12.8 Å². The third kappa shape index (κ3) is 5.04. The predicted octanol–water partition coefficient (Wildman–Crippen LogP) is 3.26. The van der Waals surface area contributed by atoms with Crippen LogP contribution in [0.1, 0.15) is 11.1 Å². The Bertz CT molecular complexity index is 636. The van der Waals surface area contributed by atoms with Crippen molar-refractivity contribution in [2.24, 2.45) is 0 Å². The monoisotopic (exact) mass is 347 g/mol. The maximum absolute atomic E-state index is 11.9. The molecule has 5 heteroatoms. The van der Waals surface area contributed by atoms with Gasteiger partial charge in [0, 0.05) is 10.2 Å². The number of carboxylic acid groups (broad SMARTS) is 1. The highest BCUT2D eigenvalue weighted by atomic mass is 79.9. The molecular formula is C16H14BrNO3. The van der Waals surface area contributed by atoms with Gasteiger partial charge >= 0.3 is 5.97 Å². The highest BCUT2D eigenvalue weighted by Gasteiger charge is 2.05. The Labute approximate surface area is 130 Å². The molecule has 0 unspecified atom stereocenters. The lowest BCUT2D eigenvalue weighted by Gasteiger charge is -2.06. The molecule has 0 aliphatic heterocycles. The summed E-state index contributed by atoms with van der Waals surface area (Å²) in [6.07, 6.45) is 0.275. The lowest BCUT2D eigenvalue weighted by molar-refractivity contribution is -0.136. The molecular weight excluding hydrogens is 334 g/mol. The molecule has 2 aromatic rings. The fraction of sp³-hybridized carbons (Fsp3) is 0.125. The minimum absolute atomic E-state index is 0.0207. The van der Waals surface area contributed by atoms with E-state index in [-0.39, 0.29) is 12.3 Å². The summed E-state index contributed by atoms with van der Waals surface area (Å²) in [6, 6.07) is 14.4. The molecule has 0 bridgehead atoms. The number of aliphatic carboxylic acids is 1. The van der Waals surface area contributed by atoms with Crippen molar-refractivity contribution < 1.29 is 14.7 Å². The molecule has 2 rings (SSSR count). The zero-order chi connectivity index (χ0) is 15.2. The molecule has 0 spiro atoms. The van der Waals surface area contributed by atoms with Crippen LogP contribution in [-0.4, -0.2) is 17.0 Å². The first-order valence-electron chi connectivity index (χ1n) is 6.38. The summed E-state index contributed by atoms with van der Waals surface area (Å²) in [6.45, 7) is 0. The lowest BCUT2D eigenvalue weighted by Crippen LogP contribution is -2.14. The van der Waals surface area contributed by atoms with E-state index in [1.54, 1.807) is 24.3 Å². The maximum atomic E-state index is 11.9. The van der Waals surface area contributed by atoms with Gasteiger partial charge in [-0.2, -0.15) is 0 Å². The highest BCUT2D eigenvalue weighted by molar-refractivity contribution is 9.10. The van der Waals surface area contributed by atoms with Crippen molar-refractivity contribution in [2.75, 3.05) is 5.32 Å². The second-order valence-electron chi connectivity index (χ2n) is 4.62. The van der Waals surface area contributed by atoms with Crippen molar-refractivity contribution in [3.8, 4) is 0 Å². The summed E-state index contributed by atoms with van der Waals surface area (Å²) in [5, 5.41) is 11.5. The second-order valence-corrected chi connectivity index (χ2v) is 5.53. The Balaban J connectivity index is 1.93. The minimum Gasteiger partial charge on any atom is -0.481 e. The molecule has 0 aromatic heterocycles. The number of carbonyl (C=O) groups excluding carboxylic acids is 1. The van der Waals surface area contributed by atoms with Crippen LogP contribution >= 0.6 is 15.9 Å². The Morgan fingerprint density at radius 2 is 1.43 bits per heavy atom. The number of carboxylic acids is 1. The van der Waals surface area contributed by atoms with Gasteiger partial charge in [0.1, 0.15) is 0 Å². The summed E-state index contributed by atoms with van der Waals surface area (Å²) < 4.78 is 0.973. The normalized spacial score (nSPS) is 10.1. The van der Waals surface area contributed by atoms with Crippen LogP contribution in [0.25, 0.3) is 0 Å². The molecule has 0 fully saturated rings. The topological polar surface area (TPSA) is 66.4 Å². The minimum atomic E-state index is -0.873. The van der Waals surface area contributed by atoms with Crippen molar-refractivity contribution in [1.82, 2.24) is 0 Å². The third-order valence-electron chi connectivity index (χ3n) is 2.87. The van der Waals surface area contributed by atoms with Crippen LogP contribution < -0.4 is 5.32 Å². The van der Waals surface area contributed by atoms with Crippen molar-refractivity contribution in [1.29, 1.82) is 0 Å². The van der Waals surface area contributed by atoms with E-state index in [4.69, 9.17) is 5.11 Å². The SMILES string of the molecule is O=C(O)Cc1ccc(NC(=O)Cc2ccc(Br)cc2)cc1. The standard InChI is InChI=1S/C16H14BrNO3/c17-13-5-1-11(2-6-13)9-15(19)18-14-7-3-12(4-8-14)10-16(20)21/h1-8H,9-10H2,(H,18,19)(H,20,21). The molecule has 0 saturated heterocycles. The van der Waals surface area contributed by atoms with Gasteiger partial charge in [0.15, 0.2) is 0 Å². The van der Waals surface area contributed by atoms with Crippen LogP contribution in [0.4, 0.5) is 5.69 Å². The summed E-state index contributed by atoms with van der Waals surface area (Å²) >= 11 is 3.35. The van der Waals surface area contributed by atoms with Gasteiger partial charge in [-0.05, 0) is 35.4 Å². The first-order valence-corrected chi connectivity index (χ1v) is 7.17. The smallest absolute Gasteiger partial charge is 0.307 e. The van der Waals surface area contributed by atoms with Gasteiger partial charge in [0.25, 0.3) is 0 Å². The van der Waals surface area contributed by atoms with Crippen molar-refractivity contribution in [3.63, 3.8) is 0 Å². The van der Waals surface area contributed by atoms with Gasteiger partial charge < -0.3 is 10.4 Å². The Morgan fingerprint density at radius 1 is 0.905 bits per heavy atom. The van der Waals surface area contributed by atoms with Crippen LogP contribution in [0.2, 0.25) is 0 Å². The van der Waals surface area contributed by atoms with E-state index >= 15 is 0 Å². The van der Waals surface area contributed by atoms with E-state index < -0.39 is 5.97 Å². The van der Waals surface area contributed by atoms with Crippen molar-refractivity contribution in [2.45, 2.75) is 12.8 Å². The average Bonchev–Trinajstić information content (AvgIpc) is 2.43. The number of hydrogen-bond acceptors (Lipinski definition) is 2. The summed E-state index contributed by atoms with van der Waals surface area (Å²) in [7, 11) is 0. The second kappa shape index (κ2) is 7.04. The Kier molecular flexibility index (Phi) is 5.11. The number of anilines is 1. The van der Waals surface area contributed by atoms with E-state index in [0.29, 0.717) is 17.7 Å². The van der Waals surface area contributed by atoms with E-state index in [1.807, 2.05) is 24.3 Å². The molecule has 0 atom stereocenters. The summed E-state index contributed by atoms with van der Waals surface area (Å²) in [5.41, 5.74) is 2.29. The number of nitrogens with one attached hydrogen (secondary N) is 1. The summed E-state index contributed by atoms with van der Waals surface area (Å²) in [5.74, 6) is -0.981. The largest absolute Gasteiger partial charge is 0.481 e. The van der Waals surface area contributed by atoms with Gasteiger partial charge in [0.2, 0.25) is 5.91 Å². The van der Waals surface area contributed by atoms with Crippen LogP contribution in [0.15, 0.2) is 53.0 Å². The molecule has 0 radical (unpaired) electrons. The number of benzene rings is 2. The molecule has 0 aliphatic rings. The molecule has 2 N–H and O–H groups in total. The van der Waals surface area contributed by atoms with Crippen molar-refractivity contribution >= 4 is 33.5 Å². The summed E-state index contributed by atoms with van der Waals surface area (Å²) in [4.78, 5) is 22.5. The molecule has 0 heterocycles. The van der Waals surface area contributed by atoms with E-state index in [2.05, 4.69) is 21.2 Å². The van der Waals surface area contributed by atoms with Gasteiger partial charge in [-0.25, -0.2) is 0 Å². The molecule has 1 amide bonds.